The first-order valence-electron chi connectivity index (χ1n) is 7.61. The van der Waals surface area contributed by atoms with Gasteiger partial charge in [0.25, 0.3) is 0 Å². The lowest BCUT2D eigenvalue weighted by molar-refractivity contribution is -0.274. The van der Waals surface area contributed by atoms with Crippen LogP contribution in [0.15, 0.2) is 30.5 Å². The van der Waals surface area contributed by atoms with Gasteiger partial charge in [0.15, 0.2) is 11.5 Å². The Bertz CT molecular complexity index is 834. The van der Waals surface area contributed by atoms with Gasteiger partial charge in [-0.25, -0.2) is 4.79 Å². The molecule has 138 valence electrons. The molecule has 0 radical (unpaired) electrons. The molecule has 1 heterocycles. The number of hydrogen-bond donors (Lipinski definition) is 1. The molecule has 0 unspecified atom stereocenters. The average molecular weight is 369 g/mol. The van der Waals surface area contributed by atoms with E-state index in [-0.39, 0.29) is 28.7 Å². The number of carbonyl (C=O) groups is 1. The Balaban J connectivity index is 1.92. The Labute approximate surface area is 146 Å². The number of alkyl halides is 3. The minimum atomic E-state index is -4.84. The summed E-state index contributed by atoms with van der Waals surface area (Å²) < 4.78 is 51.4. The van der Waals surface area contributed by atoms with E-state index in [1.54, 1.807) is 0 Å². The molecule has 0 saturated heterocycles. The van der Waals surface area contributed by atoms with Crippen LogP contribution in [0.5, 0.6) is 23.0 Å². The molecule has 3 rings (SSSR count). The molecule has 0 atom stereocenters. The third kappa shape index (κ3) is 4.16. The van der Waals surface area contributed by atoms with Crippen LogP contribution in [0.2, 0.25) is 0 Å². The summed E-state index contributed by atoms with van der Waals surface area (Å²) in [6.45, 7) is 0. The smallest absolute Gasteiger partial charge is 0.493 e. The van der Waals surface area contributed by atoms with Crippen molar-refractivity contribution in [2.75, 3.05) is 7.11 Å². The van der Waals surface area contributed by atoms with Crippen LogP contribution in [-0.2, 0) is 0 Å². The first-order valence-corrected chi connectivity index (χ1v) is 7.61. The summed E-state index contributed by atoms with van der Waals surface area (Å²) >= 11 is 0. The Morgan fingerprint density at radius 1 is 1.19 bits per heavy atom. The monoisotopic (exact) mass is 369 g/mol. The highest BCUT2D eigenvalue weighted by Gasteiger charge is 2.31. The summed E-state index contributed by atoms with van der Waals surface area (Å²) in [5.41, 5.74) is 0.549. The number of aromatic carboxylic acids is 1. The summed E-state index contributed by atoms with van der Waals surface area (Å²) in [5, 5.41) is 9.29. The summed E-state index contributed by atoms with van der Waals surface area (Å²) in [7, 11) is 1.25. The summed E-state index contributed by atoms with van der Waals surface area (Å²) in [6, 6.07) is 4.80. The van der Waals surface area contributed by atoms with E-state index in [4.69, 9.17) is 9.47 Å². The van der Waals surface area contributed by atoms with Crippen LogP contribution in [0.25, 0.3) is 0 Å². The van der Waals surface area contributed by atoms with E-state index < -0.39 is 18.1 Å². The van der Waals surface area contributed by atoms with Gasteiger partial charge in [0, 0.05) is 29.9 Å². The standard InChI is InChI=1S/C17H14F3NO5/c1-24-15-6-10(26-17(18,19)20)4-5-13(15)25-14-7-12(9-2-3-9)21-8-11(14)16(22)23/h4-9H,2-3H2,1H3,(H,22,23). The Morgan fingerprint density at radius 3 is 2.50 bits per heavy atom. The van der Waals surface area contributed by atoms with Gasteiger partial charge in [0.05, 0.1) is 7.11 Å². The highest BCUT2D eigenvalue weighted by Crippen LogP contribution is 2.42. The minimum Gasteiger partial charge on any atom is -0.493 e. The number of carboxylic acids is 1. The van der Waals surface area contributed by atoms with E-state index in [0.29, 0.717) is 5.69 Å². The molecule has 26 heavy (non-hydrogen) atoms. The zero-order valence-corrected chi connectivity index (χ0v) is 13.5. The van der Waals surface area contributed by atoms with Gasteiger partial charge in [-0.3, -0.25) is 4.98 Å². The molecule has 1 aliphatic rings. The van der Waals surface area contributed by atoms with E-state index in [0.717, 1.165) is 25.0 Å². The number of methoxy groups -OCH3 is 1. The predicted octanol–water partition coefficient (Wildman–Crippen LogP) is 4.36. The number of aromatic nitrogens is 1. The van der Waals surface area contributed by atoms with Crippen molar-refractivity contribution >= 4 is 5.97 Å². The Kier molecular flexibility index (Phi) is 4.62. The lowest BCUT2D eigenvalue weighted by Gasteiger charge is -2.15. The number of hydrogen-bond acceptors (Lipinski definition) is 5. The molecule has 0 aliphatic heterocycles. The molecular weight excluding hydrogens is 355 g/mol. The summed E-state index contributed by atoms with van der Waals surface area (Å²) in [6.07, 6.45) is -1.70. The summed E-state index contributed by atoms with van der Waals surface area (Å²) in [5.74, 6) is -1.38. The van der Waals surface area contributed by atoms with Crippen molar-refractivity contribution in [2.24, 2.45) is 0 Å². The lowest BCUT2D eigenvalue weighted by atomic mass is 10.2. The van der Waals surface area contributed by atoms with Crippen molar-refractivity contribution in [1.82, 2.24) is 4.98 Å². The van der Waals surface area contributed by atoms with Gasteiger partial charge in [0.1, 0.15) is 17.1 Å². The van der Waals surface area contributed by atoms with Crippen molar-refractivity contribution < 1.29 is 37.3 Å². The molecule has 9 heteroatoms. The number of benzene rings is 1. The molecule has 2 aromatic rings. The van der Waals surface area contributed by atoms with Crippen LogP contribution < -0.4 is 14.2 Å². The van der Waals surface area contributed by atoms with Crippen LogP contribution in [0.4, 0.5) is 13.2 Å². The lowest BCUT2D eigenvalue weighted by Crippen LogP contribution is -2.17. The maximum Gasteiger partial charge on any atom is 0.573 e. The van der Waals surface area contributed by atoms with Gasteiger partial charge in [-0.2, -0.15) is 0 Å². The van der Waals surface area contributed by atoms with E-state index in [9.17, 15) is 23.1 Å². The normalized spacial score (nSPS) is 14.0. The molecule has 1 N–H and O–H groups in total. The van der Waals surface area contributed by atoms with Crippen LogP contribution in [0, 0.1) is 0 Å². The zero-order chi connectivity index (χ0) is 18.9. The molecule has 0 amide bonds. The maximum atomic E-state index is 12.3. The second-order valence-electron chi connectivity index (χ2n) is 5.65. The highest BCUT2D eigenvalue weighted by atomic mass is 19.4. The molecule has 1 aromatic carbocycles. The fourth-order valence-corrected chi connectivity index (χ4v) is 2.35. The van der Waals surface area contributed by atoms with E-state index in [1.807, 2.05) is 0 Å². The first-order chi connectivity index (χ1) is 12.3. The predicted molar refractivity (Wildman–Crippen MR) is 82.9 cm³/mol. The quantitative estimate of drug-likeness (QED) is 0.815. The Hall–Kier alpha value is -2.97. The minimum absolute atomic E-state index is 0.0344. The fourth-order valence-electron chi connectivity index (χ4n) is 2.35. The molecular formula is C17H14F3NO5. The second kappa shape index (κ2) is 6.74. The van der Waals surface area contributed by atoms with Crippen LogP contribution >= 0.6 is 0 Å². The van der Waals surface area contributed by atoms with E-state index in [1.165, 1.54) is 25.4 Å². The number of nitrogens with zero attached hydrogens (tertiary/aromatic N) is 1. The number of pyridine rings is 1. The van der Waals surface area contributed by atoms with Gasteiger partial charge >= 0.3 is 12.3 Å². The maximum absolute atomic E-state index is 12.3. The SMILES string of the molecule is COc1cc(OC(F)(F)F)ccc1Oc1cc(C2CC2)ncc1C(=O)O. The Morgan fingerprint density at radius 2 is 1.92 bits per heavy atom. The van der Waals surface area contributed by atoms with Gasteiger partial charge < -0.3 is 19.3 Å². The molecule has 0 spiro atoms. The zero-order valence-electron chi connectivity index (χ0n) is 13.5. The molecule has 1 fully saturated rings. The van der Waals surface area contributed by atoms with E-state index in [2.05, 4.69) is 9.72 Å². The first kappa shape index (κ1) is 17.8. The fraction of sp³-hybridized carbons (Fsp3) is 0.294. The average Bonchev–Trinajstić information content (AvgIpc) is 3.39. The van der Waals surface area contributed by atoms with Crippen molar-refractivity contribution in [2.45, 2.75) is 25.1 Å². The van der Waals surface area contributed by atoms with Crippen molar-refractivity contribution in [3.8, 4) is 23.0 Å². The van der Waals surface area contributed by atoms with Gasteiger partial charge in [-0.15, -0.1) is 13.2 Å². The molecule has 1 saturated carbocycles. The van der Waals surface area contributed by atoms with Crippen molar-refractivity contribution in [3.05, 3.63) is 41.7 Å². The largest absolute Gasteiger partial charge is 0.573 e. The van der Waals surface area contributed by atoms with Crippen LogP contribution in [0.3, 0.4) is 0 Å². The van der Waals surface area contributed by atoms with Crippen molar-refractivity contribution in [1.29, 1.82) is 0 Å². The second-order valence-corrected chi connectivity index (χ2v) is 5.65. The van der Waals surface area contributed by atoms with Crippen LogP contribution in [0.1, 0.15) is 34.8 Å². The number of carboxylic acid groups (broad SMARTS) is 1. The van der Waals surface area contributed by atoms with Gasteiger partial charge in [-0.1, -0.05) is 0 Å². The summed E-state index contributed by atoms with van der Waals surface area (Å²) in [4.78, 5) is 15.5. The van der Waals surface area contributed by atoms with Crippen molar-refractivity contribution in [3.63, 3.8) is 0 Å². The van der Waals surface area contributed by atoms with Gasteiger partial charge in [0.2, 0.25) is 0 Å². The van der Waals surface area contributed by atoms with Crippen LogP contribution in [-0.4, -0.2) is 29.5 Å². The third-order valence-electron chi connectivity index (χ3n) is 3.70. The molecule has 1 aliphatic carbocycles. The molecule has 6 nitrogen and oxygen atoms in total. The van der Waals surface area contributed by atoms with Gasteiger partial charge in [-0.05, 0) is 25.0 Å². The van der Waals surface area contributed by atoms with E-state index >= 15 is 0 Å². The molecule has 1 aromatic heterocycles. The number of rotatable bonds is 6. The number of ether oxygens (including phenoxy) is 3. The third-order valence-corrected chi connectivity index (χ3v) is 3.70. The topological polar surface area (TPSA) is 77.9 Å². The molecule has 0 bridgehead atoms. The number of halogens is 3. The highest BCUT2D eigenvalue weighted by molar-refractivity contribution is 5.90.